The van der Waals surface area contributed by atoms with Gasteiger partial charge in [0, 0.05) is 11.7 Å². The molecule has 1 aromatic rings. The highest BCUT2D eigenvalue weighted by atomic mass is 35.5. The van der Waals surface area contributed by atoms with Gasteiger partial charge in [0.2, 0.25) is 7.37 Å². The molecule has 0 radical (unpaired) electrons. The van der Waals surface area contributed by atoms with Crippen LogP contribution in [0.4, 0.5) is 0 Å². The van der Waals surface area contributed by atoms with E-state index >= 15 is 0 Å². The Morgan fingerprint density at radius 2 is 1.73 bits per heavy atom. The molecule has 1 N–H and O–H groups in total. The standard InChI is InChI=1S/C15H17ClNO4P/c1-22(20,21)15(7-3-2-4-8-15)17-13(18)11-6-5-10(16)9-12(11)14(17)19/h5-6,9H,2-4,7-8H2,1H3,(H,20,21). The monoisotopic (exact) mass is 341 g/mol. The SMILES string of the molecule is CP(=O)(O)C1(N2C(=O)c3ccc(Cl)cc3C2=O)CCCCC1. The number of amides is 2. The second kappa shape index (κ2) is 5.19. The third kappa shape index (κ3) is 2.15. The molecule has 1 fully saturated rings. The van der Waals surface area contributed by atoms with Crippen LogP contribution in [0, 0.1) is 0 Å². The molecular formula is C15H17ClNO4P. The predicted octanol–water partition coefficient (Wildman–Crippen LogP) is 3.50. The van der Waals surface area contributed by atoms with Crippen LogP contribution in [0.15, 0.2) is 18.2 Å². The molecule has 2 amide bonds. The Labute approximate surface area is 133 Å². The molecule has 118 valence electrons. The van der Waals surface area contributed by atoms with Gasteiger partial charge in [0.15, 0.2) is 0 Å². The molecule has 1 heterocycles. The number of hydrogen-bond donors (Lipinski definition) is 1. The van der Waals surface area contributed by atoms with Crippen LogP contribution in [0.1, 0.15) is 52.8 Å². The van der Waals surface area contributed by atoms with Crippen LogP contribution < -0.4 is 0 Å². The van der Waals surface area contributed by atoms with Gasteiger partial charge in [-0.2, -0.15) is 0 Å². The van der Waals surface area contributed by atoms with Gasteiger partial charge >= 0.3 is 0 Å². The Balaban J connectivity index is 2.13. The maximum atomic E-state index is 12.7. The number of halogens is 1. The summed E-state index contributed by atoms with van der Waals surface area (Å²) in [6.45, 7) is 1.24. The van der Waals surface area contributed by atoms with Gasteiger partial charge < -0.3 is 4.89 Å². The van der Waals surface area contributed by atoms with Crippen LogP contribution in [0.3, 0.4) is 0 Å². The normalized spacial score (nSPS) is 23.3. The summed E-state index contributed by atoms with van der Waals surface area (Å²) in [7, 11) is -3.69. The Morgan fingerprint density at radius 1 is 1.14 bits per heavy atom. The van der Waals surface area contributed by atoms with E-state index in [0.29, 0.717) is 17.9 Å². The summed E-state index contributed by atoms with van der Waals surface area (Å²) < 4.78 is 12.6. The molecule has 1 aliphatic carbocycles. The summed E-state index contributed by atoms with van der Waals surface area (Å²) in [5.41, 5.74) is 0.476. The van der Waals surface area contributed by atoms with Crippen molar-refractivity contribution < 1.29 is 19.0 Å². The van der Waals surface area contributed by atoms with E-state index in [4.69, 9.17) is 11.6 Å². The Bertz CT molecular complexity index is 705. The van der Waals surface area contributed by atoms with Crippen molar-refractivity contribution >= 4 is 30.8 Å². The molecule has 1 saturated carbocycles. The van der Waals surface area contributed by atoms with E-state index in [1.807, 2.05) is 0 Å². The highest BCUT2D eigenvalue weighted by molar-refractivity contribution is 7.58. The molecule has 22 heavy (non-hydrogen) atoms. The van der Waals surface area contributed by atoms with E-state index < -0.39 is 24.5 Å². The first kappa shape index (κ1) is 15.7. The third-order valence-electron chi connectivity index (χ3n) is 4.69. The second-order valence-electron chi connectivity index (χ2n) is 6.06. The van der Waals surface area contributed by atoms with Crippen molar-refractivity contribution in [2.24, 2.45) is 0 Å². The Morgan fingerprint density at radius 3 is 2.32 bits per heavy atom. The van der Waals surface area contributed by atoms with Crippen molar-refractivity contribution in [1.82, 2.24) is 4.90 Å². The molecule has 0 bridgehead atoms. The minimum absolute atomic E-state index is 0.218. The van der Waals surface area contributed by atoms with Gasteiger partial charge in [-0.05, 0) is 31.0 Å². The fourth-order valence-corrected chi connectivity index (χ4v) is 5.40. The first-order valence-corrected chi connectivity index (χ1v) is 9.75. The molecule has 1 atom stereocenters. The van der Waals surface area contributed by atoms with Crippen LogP contribution in [-0.4, -0.2) is 33.6 Å². The second-order valence-corrected chi connectivity index (χ2v) is 9.08. The van der Waals surface area contributed by atoms with Crippen LogP contribution in [0.2, 0.25) is 5.02 Å². The number of nitrogens with zero attached hydrogens (tertiary/aromatic N) is 1. The third-order valence-corrected chi connectivity index (χ3v) is 7.12. The van der Waals surface area contributed by atoms with Gasteiger partial charge in [0.25, 0.3) is 11.8 Å². The first-order valence-electron chi connectivity index (χ1n) is 7.27. The first-order chi connectivity index (χ1) is 10.3. The predicted molar refractivity (Wildman–Crippen MR) is 83.5 cm³/mol. The highest BCUT2D eigenvalue weighted by Crippen LogP contribution is 2.61. The van der Waals surface area contributed by atoms with Crippen molar-refractivity contribution in [1.29, 1.82) is 0 Å². The van der Waals surface area contributed by atoms with Crippen molar-refractivity contribution in [2.75, 3.05) is 6.66 Å². The number of imide groups is 1. The van der Waals surface area contributed by atoms with Crippen molar-refractivity contribution in [3.05, 3.63) is 34.3 Å². The molecule has 0 spiro atoms. The molecule has 1 aromatic carbocycles. The van der Waals surface area contributed by atoms with Gasteiger partial charge in [-0.25, -0.2) is 0 Å². The number of hydrogen-bond acceptors (Lipinski definition) is 3. The summed E-state index contributed by atoms with van der Waals surface area (Å²) in [6.07, 6.45) is 3.14. The zero-order valence-electron chi connectivity index (χ0n) is 12.2. The quantitative estimate of drug-likeness (QED) is 0.660. The fraction of sp³-hybridized carbons (Fsp3) is 0.467. The minimum Gasteiger partial charge on any atom is -0.343 e. The van der Waals surface area contributed by atoms with Crippen LogP contribution >= 0.6 is 19.0 Å². The Kier molecular flexibility index (Phi) is 3.71. The smallest absolute Gasteiger partial charge is 0.262 e. The molecule has 2 aliphatic rings. The molecule has 5 nitrogen and oxygen atoms in total. The van der Waals surface area contributed by atoms with E-state index in [1.165, 1.54) is 18.8 Å². The lowest BCUT2D eigenvalue weighted by molar-refractivity contribution is 0.0468. The number of benzene rings is 1. The molecular weight excluding hydrogens is 325 g/mol. The lowest BCUT2D eigenvalue weighted by Gasteiger charge is -2.44. The topological polar surface area (TPSA) is 74.7 Å². The largest absolute Gasteiger partial charge is 0.343 e. The molecule has 1 aliphatic heterocycles. The molecule has 0 aromatic heterocycles. The average Bonchev–Trinajstić information content (AvgIpc) is 2.70. The van der Waals surface area contributed by atoms with Crippen LogP contribution in [-0.2, 0) is 4.57 Å². The van der Waals surface area contributed by atoms with Gasteiger partial charge in [-0.15, -0.1) is 0 Å². The van der Waals surface area contributed by atoms with Gasteiger partial charge in [-0.1, -0.05) is 30.9 Å². The van der Waals surface area contributed by atoms with Gasteiger partial charge in [-0.3, -0.25) is 19.1 Å². The Hall–Kier alpha value is -1.16. The molecule has 7 heteroatoms. The molecule has 0 saturated heterocycles. The van der Waals surface area contributed by atoms with Crippen molar-refractivity contribution in [3.8, 4) is 0 Å². The maximum absolute atomic E-state index is 12.7. The van der Waals surface area contributed by atoms with Crippen molar-refractivity contribution in [2.45, 2.75) is 37.4 Å². The zero-order valence-corrected chi connectivity index (χ0v) is 13.9. The molecule has 1 unspecified atom stereocenters. The highest BCUT2D eigenvalue weighted by Gasteiger charge is 2.56. The van der Waals surface area contributed by atoms with E-state index in [-0.39, 0.29) is 11.1 Å². The van der Waals surface area contributed by atoms with Gasteiger partial charge in [0.05, 0.1) is 11.1 Å². The lowest BCUT2D eigenvalue weighted by Crippen LogP contribution is -2.52. The minimum atomic E-state index is -3.69. The van der Waals surface area contributed by atoms with E-state index in [2.05, 4.69) is 0 Å². The summed E-state index contributed by atoms with van der Waals surface area (Å²) in [6, 6.07) is 4.51. The van der Waals surface area contributed by atoms with Crippen LogP contribution in [0.25, 0.3) is 0 Å². The van der Waals surface area contributed by atoms with E-state index in [1.54, 1.807) is 6.07 Å². The van der Waals surface area contributed by atoms with Crippen LogP contribution in [0.5, 0.6) is 0 Å². The van der Waals surface area contributed by atoms with E-state index in [0.717, 1.165) is 24.2 Å². The van der Waals surface area contributed by atoms with E-state index in [9.17, 15) is 19.0 Å². The summed E-state index contributed by atoms with van der Waals surface area (Å²) in [5, 5.41) is -0.923. The van der Waals surface area contributed by atoms with Gasteiger partial charge in [0.1, 0.15) is 5.28 Å². The number of carbonyl (C=O) groups is 2. The number of carbonyl (C=O) groups excluding carboxylic acids is 2. The summed E-state index contributed by atoms with van der Waals surface area (Å²) in [5.74, 6) is -1.00. The average molecular weight is 342 g/mol. The molecule has 3 rings (SSSR count). The number of rotatable bonds is 2. The number of fused-ring (bicyclic) bond motifs is 1. The summed E-state index contributed by atoms with van der Waals surface area (Å²) in [4.78, 5) is 36.8. The maximum Gasteiger partial charge on any atom is 0.262 e. The summed E-state index contributed by atoms with van der Waals surface area (Å²) >= 11 is 5.91. The lowest BCUT2D eigenvalue weighted by atomic mass is 9.93. The fourth-order valence-electron chi connectivity index (χ4n) is 3.53. The zero-order chi connectivity index (χ0) is 16.1. The van der Waals surface area contributed by atoms with Crippen molar-refractivity contribution in [3.63, 3.8) is 0 Å².